The van der Waals surface area contributed by atoms with Crippen molar-refractivity contribution in [3.8, 4) is 0 Å². The molecule has 0 saturated carbocycles. The van der Waals surface area contributed by atoms with Crippen molar-refractivity contribution in [2.75, 3.05) is 39.3 Å². The molecular weight excluding hydrogens is 296 g/mol. The van der Waals surface area contributed by atoms with Crippen molar-refractivity contribution >= 4 is 17.2 Å². The summed E-state index contributed by atoms with van der Waals surface area (Å²) in [5, 5.41) is 6.25. The van der Waals surface area contributed by atoms with Crippen LogP contribution >= 0.6 is 11.3 Å². The maximum Gasteiger partial charge on any atom is 0.234 e. The molecule has 0 aliphatic carbocycles. The molecule has 1 aliphatic rings. The Balaban J connectivity index is 1.78. The molecule has 1 aromatic heterocycles. The van der Waals surface area contributed by atoms with Crippen LogP contribution in [0.1, 0.15) is 38.4 Å². The summed E-state index contributed by atoms with van der Waals surface area (Å²) in [5.41, 5.74) is 1.31. The van der Waals surface area contributed by atoms with Gasteiger partial charge in [0.25, 0.3) is 0 Å². The second-order valence-electron chi connectivity index (χ2n) is 6.90. The van der Waals surface area contributed by atoms with E-state index in [1.807, 2.05) is 6.92 Å². The average molecular weight is 324 g/mol. The second-order valence-corrected chi connectivity index (χ2v) is 7.76. The monoisotopic (exact) mass is 324 g/mol. The van der Waals surface area contributed by atoms with Gasteiger partial charge in [-0.05, 0) is 6.92 Å². The summed E-state index contributed by atoms with van der Waals surface area (Å²) in [6.45, 7) is 14.6. The van der Waals surface area contributed by atoms with Gasteiger partial charge in [-0.25, -0.2) is 4.98 Å². The van der Waals surface area contributed by atoms with E-state index in [0.29, 0.717) is 13.1 Å². The quantitative estimate of drug-likeness (QED) is 0.895. The van der Waals surface area contributed by atoms with Gasteiger partial charge in [-0.3, -0.25) is 14.6 Å². The first-order valence-electron chi connectivity index (χ1n) is 8.04. The minimum atomic E-state index is 0.130. The van der Waals surface area contributed by atoms with Gasteiger partial charge in [-0.2, -0.15) is 0 Å². The molecule has 22 heavy (non-hydrogen) atoms. The largest absolute Gasteiger partial charge is 0.355 e. The first-order valence-corrected chi connectivity index (χ1v) is 8.92. The standard InChI is InChI=1S/C16H28N4OS/c1-5-17-14(21)11-20-8-6-19(7-9-20)10-13-12-22-15(18-13)16(2,3)4/h12H,5-11H2,1-4H3,(H,17,21). The molecule has 1 saturated heterocycles. The number of nitrogens with one attached hydrogen (secondary N) is 1. The van der Waals surface area contributed by atoms with Gasteiger partial charge in [-0.15, -0.1) is 11.3 Å². The van der Waals surface area contributed by atoms with E-state index < -0.39 is 0 Å². The van der Waals surface area contributed by atoms with Crippen molar-refractivity contribution in [1.29, 1.82) is 0 Å². The van der Waals surface area contributed by atoms with Crippen LogP contribution in [-0.4, -0.2) is 60.0 Å². The summed E-state index contributed by atoms with van der Waals surface area (Å²) in [6, 6.07) is 0. The van der Waals surface area contributed by atoms with E-state index in [0.717, 1.165) is 32.7 Å². The molecule has 2 rings (SSSR count). The average Bonchev–Trinajstić information content (AvgIpc) is 2.90. The first-order chi connectivity index (χ1) is 10.4. The first kappa shape index (κ1) is 17.4. The predicted octanol–water partition coefficient (Wildman–Crippen LogP) is 1.69. The summed E-state index contributed by atoms with van der Waals surface area (Å²) >= 11 is 1.76. The van der Waals surface area contributed by atoms with Crippen LogP contribution in [0.15, 0.2) is 5.38 Å². The molecule has 0 aromatic carbocycles. The molecule has 0 atom stereocenters. The third-order valence-corrected chi connectivity index (χ3v) is 5.10. The maximum atomic E-state index is 11.6. The van der Waals surface area contributed by atoms with Crippen molar-refractivity contribution in [2.24, 2.45) is 0 Å². The van der Waals surface area contributed by atoms with E-state index in [-0.39, 0.29) is 11.3 Å². The zero-order valence-electron chi connectivity index (χ0n) is 14.2. The summed E-state index contributed by atoms with van der Waals surface area (Å²) in [4.78, 5) is 21.0. The highest BCUT2D eigenvalue weighted by atomic mass is 32.1. The number of aromatic nitrogens is 1. The maximum absolute atomic E-state index is 11.6. The normalized spacial score (nSPS) is 17.6. The number of hydrogen-bond donors (Lipinski definition) is 1. The lowest BCUT2D eigenvalue weighted by Crippen LogP contribution is -2.49. The van der Waals surface area contributed by atoms with E-state index in [1.54, 1.807) is 11.3 Å². The Hall–Kier alpha value is -0.980. The van der Waals surface area contributed by atoms with E-state index in [9.17, 15) is 4.79 Å². The number of nitrogens with zero attached hydrogens (tertiary/aromatic N) is 3. The number of thiazole rings is 1. The Bertz CT molecular complexity index is 487. The number of hydrogen-bond acceptors (Lipinski definition) is 5. The third-order valence-electron chi connectivity index (χ3n) is 3.79. The molecule has 1 amide bonds. The van der Waals surface area contributed by atoms with Crippen LogP contribution in [0.3, 0.4) is 0 Å². The summed E-state index contributed by atoms with van der Waals surface area (Å²) in [7, 11) is 0. The smallest absolute Gasteiger partial charge is 0.234 e. The molecule has 1 N–H and O–H groups in total. The van der Waals surface area contributed by atoms with Crippen molar-refractivity contribution in [1.82, 2.24) is 20.1 Å². The third kappa shape index (κ3) is 5.04. The molecule has 0 bridgehead atoms. The fourth-order valence-corrected chi connectivity index (χ4v) is 3.41. The molecule has 0 radical (unpaired) electrons. The number of piperazine rings is 1. The molecule has 1 aromatic rings. The van der Waals surface area contributed by atoms with E-state index in [4.69, 9.17) is 4.98 Å². The number of carbonyl (C=O) groups excluding carboxylic acids is 1. The minimum absolute atomic E-state index is 0.130. The van der Waals surface area contributed by atoms with Gasteiger partial charge < -0.3 is 5.32 Å². The molecule has 0 unspecified atom stereocenters. The van der Waals surface area contributed by atoms with Crippen LogP contribution in [0.2, 0.25) is 0 Å². The van der Waals surface area contributed by atoms with Crippen molar-refractivity contribution in [3.63, 3.8) is 0 Å². The second kappa shape index (κ2) is 7.53. The zero-order chi connectivity index (χ0) is 16.2. The Morgan fingerprint density at radius 2 is 1.91 bits per heavy atom. The van der Waals surface area contributed by atoms with Crippen LogP contribution < -0.4 is 5.32 Å². The Kier molecular flexibility index (Phi) is 5.94. The Morgan fingerprint density at radius 3 is 2.45 bits per heavy atom. The van der Waals surface area contributed by atoms with Gasteiger partial charge >= 0.3 is 0 Å². The highest BCUT2D eigenvalue weighted by Gasteiger charge is 2.21. The molecular formula is C16H28N4OS. The molecule has 6 heteroatoms. The molecule has 2 heterocycles. The molecule has 124 valence electrons. The van der Waals surface area contributed by atoms with E-state index in [1.165, 1.54) is 10.7 Å². The summed E-state index contributed by atoms with van der Waals surface area (Å²) in [6.07, 6.45) is 0. The number of carbonyl (C=O) groups is 1. The molecule has 1 fully saturated rings. The fourth-order valence-electron chi connectivity index (χ4n) is 2.51. The zero-order valence-corrected chi connectivity index (χ0v) is 15.0. The van der Waals surface area contributed by atoms with Gasteiger partial charge in [0.2, 0.25) is 5.91 Å². The van der Waals surface area contributed by atoms with Crippen LogP contribution in [-0.2, 0) is 16.8 Å². The SMILES string of the molecule is CCNC(=O)CN1CCN(Cc2csc(C(C)(C)C)n2)CC1. The van der Waals surface area contributed by atoms with Gasteiger partial charge in [-0.1, -0.05) is 20.8 Å². The Morgan fingerprint density at radius 1 is 1.27 bits per heavy atom. The fraction of sp³-hybridized carbons (Fsp3) is 0.750. The topological polar surface area (TPSA) is 48.5 Å². The number of rotatable bonds is 5. The van der Waals surface area contributed by atoms with E-state index >= 15 is 0 Å². The van der Waals surface area contributed by atoms with E-state index in [2.05, 4.69) is 41.3 Å². The van der Waals surface area contributed by atoms with Gasteiger partial charge in [0.15, 0.2) is 0 Å². The highest BCUT2D eigenvalue weighted by Crippen LogP contribution is 2.26. The predicted molar refractivity (Wildman–Crippen MR) is 91.2 cm³/mol. The van der Waals surface area contributed by atoms with Gasteiger partial charge in [0, 0.05) is 50.1 Å². The van der Waals surface area contributed by atoms with Gasteiger partial charge in [0.05, 0.1) is 17.2 Å². The van der Waals surface area contributed by atoms with Crippen molar-refractivity contribution in [3.05, 3.63) is 16.1 Å². The summed E-state index contributed by atoms with van der Waals surface area (Å²) in [5.74, 6) is 0.130. The highest BCUT2D eigenvalue weighted by molar-refractivity contribution is 7.09. The van der Waals surface area contributed by atoms with Crippen molar-refractivity contribution < 1.29 is 4.79 Å². The van der Waals surface area contributed by atoms with Crippen LogP contribution in [0.25, 0.3) is 0 Å². The van der Waals surface area contributed by atoms with Crippen LogP contribution in [0, 0.1) is 0 Å². The van der Waals surface area contributed by atoms with Crippen LogP contribution in [0.5, 0.6) is 0 Å². The Labute approximate surface area is 137 Å². The summed E-state index contributed by atoms with van der Waals surface area (Å²) < 4.78 is 0. The lowest BCUT2D eigenvalue weighted by Gasteiger charge is -2.33. The van der Waals surface area contributed by atoms with Crippen LogP contribution in [0.4, 0.5) is 0 Å². The number of likely N-dealkylation sites (N-methyl/N-ethyl adjacent to an activating group) is 1. The lowest BCUT2D eigenvalue weighted by molar-refractivity contribution is -0.122. The minimum Gasteiger partial charge on any atom is -0.355 e. The lowest BCUT2D eigenvalue weighted by atomic mass is 9.98. The van der Waals surface area contributed by atoms with Gasteiger partial charge in [0.1, 0.15) is 0 Å². The van der Waals surface area contributed by atoms with Crippen molar-refractivity contribution in [2.45, 2.75) is 39.7 Å². The molecule has 0 spiro atoms. The number of amides is 1. The molecule has 1 aliphatic heterocycles. The molecule has 5 nitrogen and oxygen atoms in total.